The first-order valence-corrected chi connectivity index (χ1v) is 15.0. The summed E-state index contributed by atoms with van der Waals surface area (Å²) in [5.74, 6) is -0.217. The zero-order valence-electron chi connectivity index (χ0n) is 23.3. The van der Waals surface area contributed by atoms with E-state index in [1.165, 1.54) is 6.08 Å². The Hall–Kier alpha value is -4.31. The molecule has 1 aliphatic rings. The summed E-state index contributed by atoms with van der Waals surface area (Å²) in [7, 11) is 0. The SMILES string of the molecule is CCOc1cc(/C=C2\C(=O)NC(=O)N(c3ccc(OCc4ccccc4)cc3)C2=O)cc(Br)c1OCc1ccc(Cl)c(Cl)c1. The number of benzene rings is 4. The molecule has 1 saturated heterocycles. The van der Waals surface area contributed by atoms with Crippen molar-refractivity contribution in [3.63, 3.8) is 0 Å². The molecular formula is C33H25BrCl2N2O6. The van der Waals surface area contributed by atoms with Crippen LogP contribution in [-0.2, 0) is 22.8 Å². The maximum atomic E-state index is 13.5. The molecule has 4 aromatic carbocycles. The second kappa shape index (κ2) is 14.0. The summed E-state index contributed by atoms with van der Waals surface area (Å²) < 4.78 is 18.2. The molecule has 0 radical (unpaired) electrons. The molecule has 0 spiro atoms. The Morgan fingerprint density at radius 1 is 0.818 bits per heavy atom. The minimum atomic E-state index is -0.850. The molecule has 0 aromatic heterocycles. The number of halogens is 3. The van der Waals surface area contributed by atoms with Crippen molar-refractivity contribution in [2.45, 2.75) is 20.1 Å². The number of imide groups is 2. The number of urea groups is 1. The second-order valence-electron chi connectivity index (χ2n) is 9.53. The van der Waals surface area contributed by atoms with Crippen molar-refractivity contribution >= 4 is 68.7 Å². The highest BCUT2D eigenvalue weighted by atomic mass is 79.9. The standard InChI is InChI=1S/C33H25BrCl2N2O6/c1-2-42-29-17-22(15-26(34)30(29)44-19-21-8-13-27(35)28(36)16-21)14-25-31(39)37-33(41)38(32(25)40)23-9-11-24(12-10-23)43-18-20-6-4-3-5-7-20/h3-17H,2,18-19H2,1H3,(H,37,39,41)/b25-14+. The van der Waals surface area contributed by atoms with E-state index in [0.29, 0.717) is 50.5 Å². The van der Waals surface area contributed by atoms with Gasteiger partial charge in [0.15, 0.2) is 11.5 Å². The van der Waals surface area contributed by atoms with E-state index >= 15 is 0 Å². The number of carbonyl (C=O) groups excluding carboxylic acids is 3. The highest BCUT2D eigenvalue weighted by molar-refractivity contribution is 9.10. The summed E-state index contributed by atoms with van der Waals surface area (Å²) in [6, 6.07) is 23.8. The fourth-order valence-electron chi connectivity index (χ4n) is 4.35. The van der Waals surface area contributed by atoms with E-state index in [9.17, 15) is 14.4 Å². The first kappa shape index (κ1) is 31.1. The number of nitrogens with zero attached hydrogens (tertiary/aromatic N) is 1. The summed E-state index contributed by atoms with van der Waals surface area (Å²) in [6.45, 7) is 2.71. The van der Waals surface area contributed by atoms with E-state index in [0.717, 1.165) is 16.0 Å². The predicted molar refractivity (Wildman–Crippen MR) is 172 cm³/mol. The van der Waals surface area contributed by atoms with E-state index in [-0.39, 0.29) is 17.9 Å². The maximum Gasteiger partial charge on any atom is 0.335 e. The molecule has 1 N–H and O–H groups in total. The monoisotopic (exact) mass is 694 g/mol. The maximum absolute atomic E-state index is 13.5. The van der Waals surface area contributed by atoms with Crippen molar-refractivity contribution < 1.29 is 28.6 Å². The van der Waals surface area contributed by atoms with Crippen LogP contribution < -0.4 is 24.4 Å². The van der Waals surface area contributed by atoms with Gasteiger partial charge < -0.3 is 14.2 Å². The van der Waals surface area contributed by atoms with Gasteiger partial charge in [-0.1, -0.05) is 59.6 Å². The van der Waals surface area contributed by atoms with Crippen LogP contribution in [0.25, 0.3) is 6.08 Å². The Morgan fingerprint density at radius 3 is 2.25 bits per heavy atom. The van der Waals surface area contributed by atoms with Crippen molar-refractivity contribution in [3.05, 3.63) is 122 Å². The Bertz CT molecular complexity index is 1750. The molecule has 0 aliphatic carbocycles. The number of carbonyl (C=O) groups is 3. The van der Waals surface area contributed by atoms with E-state index in [1.807, 2.05) is 37.3 Å². The number of ether oxygens (including phenoxy) is 3. The zero-order valence-corrected chi connectivity index (χ0v) is 26.4. The molecule has 1 fully saturated rings. The lowest BCUT2D eigenvalue weighted by molar-refractivity contribution is -0.122. The first-order chi connectivity index (χ1) is 21.2. The average molecular weight is 696 g/mol. The molecule has 8 nitrogen and oxygen atoms in total. The highest BCUT2D eigenvalue weighted by Gasteiger charge is 2.37. The number of barbiturate groups is 1. The number of hydrogen-bond acceptors (Lipinski definition) is 6. The van der Waals surface area contributed by atoms with Crippen molar-refractivity contribution in [2.24, 2.45) is 0 Å². The molecule has 0 atom stereocenters. The van der Waals surface area contributed by atoms with E-state index in [2.05, 4.69) is 21.2 Å². The Balaban J connectivity index is 1.36. The van der Waals surface area contributed by atoms with Gasteiger partial charge in [0, 0.05) is 0 Å². The second-order valence-corrected chi connectivity index (χ2v) is 11.2. The quantitative estimate of drug-likeness (QED) is 0.134. The van der Waals surface area contributed by atoms with Gasteiger partial charge in [-0.15, -0.1) is 0 Å². The lowest BCUT2D eigenvalue weighted by atomic mass is 10.1. The van der Waals surface area contributed by atoms with E-state index in [1.54, 1.807) is 54.6 Å². The highest BCUT2D eigenvalue weighted by Crippen LogP contribution is 2.38. The van der Waals surface area contributed by atoms with Gasteiger partial charge in [0.05, 0.1) is 26.8 Å². The topological polar surface area (TPSA) is 94.2 Å². The summed E-state index contributed by atoms with van der Waals surface area (Å²) >= 11 is 15.6. The van der Waals surface area contributed by atoms with Crippen molar-refractivity contribution in [3.8, 4) is 17.2 Å². The molecule has 1 aliphatic heterocycles. The van der Waals surface area contributed by atoms with E-state index in [4.69, 9.17) is 37.4 Å². The van der Waals surface area contributed by atoms with E-state index < -0.39 is 17.8 Å². The van der Waals surface area contributed by atoms with Gasteiger partial charge in [0.2, 0.25) is 0 Å². The van der Waals surface area contributed by atoms with Gasteiger partial charge in [-0.3, -0.25) is 14.9 Å². The number of amides is 4. The molecule has 11 heteroatoms. The Kier molecular flexibility index (Phi) is 9.89. The van der Waals surface area contributed by atoms with Crippen molar-refractivity contribution in [1.82, 2.24) is 5.32 Å². The summed E-state index contributed by atoms with van der Waals surface area (Å²) in [4.78, 5) is 39.9. The number of hydrogen-bond donors (Lipinski definition) is 1. The molecule has 0 bridgehead atoms. The Morgan fingerprint density at radius 2 is 1.55 bits per heavy atom. The normalized spacial score (nSPS) is 14.0. The molecule has 0 unspecified atom stereocenters. The van der Waals surface area contributed by atoms with Crippen LogP contribution >= 0.6 is 39.1 Å². The van der Waals surface area contributed by atoms with Crippen LogP contribution in [0.5, 0.6) is 17.2 Å². The molecule has 224 valence electrons. The molecule has 5 rings (SSSR count). The van der Waals surface area contributed by atoms with Crippen molar-refractivity contribution in [2.75, 3.05) is 11.5 Å². The van der Waals surface area contributed by atoms with Crippen LogP contribution in [0, 0.1) is 0 Å². The van der Waals surface area contributed by atoms with Crippen LogP contribution in [0.2, 0.25) is 10.0 Å². The fourth-order valence-corrected chi connectivity index (χ4v) is 5.25. The molecule has 4 aromatic rings. The van der Waals surface area contributed by atoms with Gasteiger partial charge in [0.1, 0.15) is 24.5 Å². The molecule has 1 heterocycles. The van der Waals surface area contributed by atoms with Crippen LogP contribution in [0.15, 0.2) is 95.0 Å². The molecular weight excluding hydrogens is 671 g/mol. The van der Waals surface area contributed by atoms with Gasteiger partial charge in [0.25, 0.3) is 11.8 Å². The minimum absolute atomic E-state index is 0.185. The van der Waals surface area contributed by atoms with Crippen LogP contribution in [0.1, 0.15) is 23.6 Å². The smallest absolute Gasteiger partial charge is 0.335 e. The third kappa shape index (κ3) is 7.24. The Labute approximate surface area is 272 Å². The van der Waals surface area contributed by atoms with Crippen LogP contribution in [0.4, 0.5) is 10.5 Å². The fraction of sp³-hybridized carbons (Fsp3) is 0.121. The van der Waals surface area contributed by atoms with Crippen LogP contribution in [0.3, 0.4) is 0 Å². The molecule has 4 amide bonds. The molecule has 44 heavy (non-hydrogen) atoms. The zero-order chi connectivity index (χ0) is 31.2. The third-order valence-electron chi connectivity index (χ3n) is 6.45. The van der Waals surface area contributed by atoms with Gasteiger partial charge in [-0.25, -0.2) is 9.69 Å². The van der Waals surface area contributed by atoms with Crippen LogP contribution in [-0.4, -0.2) is 24.5 Å². The number of nitrogens with one attached hydrogen (secondary N) is 1. The lowest BCUT2D eigenvalue weighted by Crippen LogP contribution is -2.54. The van der Waals surface area contributed by atoms with Gasteiger partial charge in [-0.2, -0.15) is 0 Å². The number of anilines is 1. The average Bonchev–Trinajstić information content (AvgIpc) is 3.01. The predicted octanol–water partition coefficient (Wildman–Crippen LogP) is 7.98. The molecule has 0 saturated carbocycles. The first-order valence-electron chi connectivity index (χ1n) is 13.4. The lowest BCUT2D eigenvalue weighted by Gasteiger charge is -2.26. The number of rotatable bonds is 10. The van der Waals surface area contributed by atoms with Gasteiger partial charge in [-0.05, 0) is 94.2 Å². The summed E-state index contributed by atoms with van der Waals surface area (Å²) in [6.07, 6.45) is 1.39. The minimum Gasteiger partial charge on any atom is -0.490 e. The summed E-state index contributed by atoms with van der Waals surface area (Å²) in [5.41, 5.74) is 2.32. The summed E-state index contributed by atoms with van der Waals surface area (Å²) in [5, 5.41) is 3.09. The van der Waals surface area contributed by atoms with Crippen molar-refractivity contribution in [1.29, 1.82) is 0 Å². The largest absolute Gasteiger partial charge is 0.490 e. The van der Waals surface area contributed by atoms with Gasteiger partial charge >= 0.3 is 6.03 Å². The third-order valence-corrected chi connectivity index (χ3v) is 7.78.